The van der Waals surface area contributed by atoms with Crippen molar-refractivity contribution in [3.63, 3.8) is 0 Å². The van der Waals surface area contributed by atoms with Crippen molar-refractivity contribution in [2.45, 2.75) is 0 Å². The first-order valence-electron chi connectivity index (χ1n) is 6.79. The summed E-state index contributed by atoms with van der Waals surface area (Å²) < 4.78 is 0. The minimum absolute atomic E-state index is 0.0758. The minimum Gasteiger partial charge on any atom is -0.397 e. The van der Waals surface area contributed by atoms with Crippen LogP contribution in [0.5, 0.6) is 0 Å². The van der Waals surface area contributed by atoms with Crippen LogP contribution in [-0.2, 0) is 0 Å². The Balaban J connectivity index is 2.89. The first-order valence-corrected chi connectivity index (χ1v) is 6.79. The van der Waals surface area contributed by atoms with Crippen molar-refractivity contribution in [1.82, 2.24) is 0 Å². The first-order chi connectivity index (χ1) is 11.1. The van der Waals surface area contributed by atoms with Gasteiger partial charge in [-0.25, -0.2) is 0 Å². The lowest BCUT2D eigenvalue weighted by atomic mass is 9.92. The summed E-state index contributed by atoms with van der Waals surface area (Å²) in [4.78, 5) is 0. The lowest BCUT2D eigenvalue weighted by Crippen LogP contribution is -2.17. The average Bonchev–Trinajstić information content (AvgIpc) is 2.52. The molecule has 2 rings (SSSR count). The molecule has 0 aliphatic rings. The van der Waals surface area contributed by atoms with Crippen LogP contribution in [0.2, 0.25) is 0 Å². The molecule has 0 amide bonds. The van der Waals surface area contributed by atoms with Crippen LogP contribution in [0.3, 0.4) is 0 Å². The van der Waals surface area contributed by atoms with Gasteiger partial charge in [0.05, 0.1) is 45.5 Å². The summed E-state index contributed by atoms with van der Waals surface area (Å²) in [6.45, 7) is 0. The van der Waals surface area contributed by atoms with Crippen molar-refractivity contribution in [2.24, 2.45) is 11.5 Å². The van der Waals surface area contributed by atoms with Crippen LogP contribution in [0, 0.1) is 0 Å². The average molecular weight is 330 g/mol. The largest absolute Gasteiger partial charge is 0.397 e. The van der Waals surface area contributed by atoms with Crippen LogP contribution in [0.1, 0.15) is 11.1 Å². The van der Waals surface area contributed by atoms with Crippen LogP contribution in [0.15, 0.2) is 18.0 Å². The van der Waals surface area contributed by atoms with Crippen molar-refractivity contribution in [2.75, 3.05) is 45.9 Å². The summed E-state index contributed by atoms with van der Waals surface area (Å²) in [5.41, 5.74) is 61.0. The molecule has 0 unspecified atom stereocenters. The maximum absolute atomic E-state index is 6.06. The highest BCUT2D eigenvalue weighted by Gasteiger charge is 2.22. The smallest absolute Gasteiger partial charge is 0.102 e. The van der Waals surface area contributed by atoms with Gasteiger partial charge in [-0.05, 0) is 17.7 Å². The van der Waals surface area contributed by atoms with Crippen molar-refractivity contribution < 1.29 is 0 Å². The highest BCUT2D eigenvalue weighted by molar-refractivity contribution is 6.06. The molecule has 2 aromatic carbocycles. The van der Waals surface area contributed by atoms with Gasteiger partial charge in [-0.3, -0.25) is 0 Å². The van der Waals surface area contributed by atoms with Gasteiger partial charge >= 0.3 is 0 Å². The van der Waals surface area contributed by atoms with Gasteiger partial charge in [0, 0.05) is 11.1 Å². The number of anilines is 8. The highest BCUT2D eigenvalue weighted by atomic mass is 14.8. The van der Waals surface area contributed by atoms with Crippen LogP contribution in [0.25, 0.3) is 5.57 Å². The summed E-state index contributed by atoms with van der Waals surface area (Å²) in [6.07, 6.45) is 0. The molecule has 10 heteroatoms. The molecule has 0 heterocycles. The molecule has 0 saturated carbocycles. The molecular formula is C14H22N10. The number of nitrogen functional groups attached to an aromatic ring is 8. The Morgan fingerprint density at radius 3 is 1.29 bits per heavy atom. The van der Waals surface area contributed by atoms with Crippen LogP contribution in [0.4, 0.5) is 45.5 Å². The fraction of sp³-hybridized carbons (Fsp3) is 0. The van der Waals surface area contributed by atoms with E-state index in [2.05, 4.69) is 0 Å². The number of benzene rings is 2. The first kappa shape index (κ1) is 16.5. The quantitative estimate of drug-likeness (QED) is 0.299. The molecule has 0 bridgehead atoms. The second-order valence-corrected chi connectivity index (χ2v) is 5.34. The Morgan fingerprint density at radius 1 is 0.542 bits per heavy atom. The van der Waals surface area contributed by atoms with Crippen molar-refractivity contribution in [3.05, 3.63) is 29.1 Å². The van der Waals surface area contributed by atoms with E-state index < -0.39 is 0 Å². The molecule has 0 aliphatic carbocycles. The van der Waals surface area contributed by atoms with E-state index in [-0.39, 0.29) is 62.5 Å². The lowest BCUT2D eigenvalue weighted by Gasteiger charge is -2.21. The highest BCUT2D eigenvalue weighted by Crippen LogP contribution is 2.44. The van der Waals surface area contributed by atoms with Gasteiger partial charge in [-0.2, -0.15) is 0 Å². The Bertz CT molecular complexity index is 812. The molecule has 0 spiro atoms. The van der Waals surface area contributed by atoms with Gasteiger partial charge in [0.2, 0.25) is 0 Å². The molecule has 24 heavy (non-hydrogen) atoms. The number of hydrogen-bond acceptors (Lipinski definition) is 10. The van der Waals surface area contributed by atoms with Gasteiger partial charge in [0.25, 0.3) is 0 Å². The normalized spacial score (nSPS) is 10.5. The SMILES string of the molecule is NC(N)=C(c1cc(N)c(N)c(N)c1)c1c(N)c(N)c(N)c(N)c1N. The summed E-state index contributed by atoms with van der Waals surface area (Å²) in [5, 5.41) is 0. The van der Waals surface area contributed by atoms with Crippen molar-refractivity contribution >= 4 is 51.1 Å². The van der Waals surface area contributed by atoms with Gasteiger partial charge in [0.15, 0.2) is 0 Å². The maximum atomic E-state index is 6.06. The van der Waals surface area contributed by atoms with E-state index in [0.717, 1.165) is 0 Å². The molecule has 10 nitrogen and oxygen atoms in total. The van der Waals surface area contributed by atoms with Crippen molar-refractivity contribution in [1.29, 1.82) is 0 Å². The van der Waals surface area contributed by atoms with Gasteiger partial charge in [-0.1, -0.05) is 0 Å². The summed E-state index contributed by atoms with van der Waals surface area (Å²) in [7, 11) is 0. The van der Waals surface area contributed by atoms with Gasteiger partial charge in [-0.15, -0.1) is 0 Å². The molecule has 2 aromatic rings. The Labute approximate surface area is 138 Å². The third-order valence-corrected chi connectivity index (χ3v) is 3.77. The molecule has 0 fully saturated rings. The fourth-order valence-corrected chi connectivity index (χ4v) is 2.42. The van der Waals surface area contributed by atoms with Crippen molar-refractivity contribution in [3.8, 4) is 0 Å². The number of nitrogens with two attached hydrogens (primary N) is 10. The Hall–Kier alpha value is -3.82. The zero-order chi connectivity index (χ0) is 18.3. The number of hydrogen-bond donors (Lipinski definition) is 10. The standard InChI is InChI=1S/C14H22N10/c15-4-1-3(2-5(16)8(4)17)6(14(23)24)7-9(18)11(20)13(22)12(21)10(7)19/h1-2H,15-24H2. The van der Waals surface area contributed by atoms with E-state index >= 15 is 0 Å². The maximum Gasteiger partial charge on any atom is 0.102 e. The summed E-state index contributed by atoms with van der Waals surface area (Å²) in [5.74, 6) is -0.0828. The van der Waals surface area contributed by atoms with E-state index in [1.807, 2.05) is 0 Å². The van der Waals surface area contributed by atoms with E-state index in [0.29, 0.717) is 5.56 Å². The van der Waals surface area contributed by atoms with E-state index in [1.165, 1.54) is 0 Å². The molecule has 0 saturated heterocycles. The molecule has 0 aliphatic heterocycles. The second-order valence-electron chi connectivity index (χ2n) is 5.34. The third-order valence-electron chi connectivity index (χ3n) is 3.77. The van der Waals surface area contributed by atoms with Crippen LogP contribution >= 0.6 is 0 Å². The monoisotopic (exact) mass is 330 g/mol. The van der Waals surface area contributed by atoms with Gasteiger partial charge < -0.3 is 57.3 Å². The van der Waals surface area contributed by atoms with Crippen LogP contribution in [-0.4, -0.2) is 0 Å². The third kappa shape index (κ3) is 2.31. The zero-order valence-electron chi connectivity index (χ0n) is 12.9. The zero-order valence-corrected chi connectivity index (χ0v) is 12.9. The summed E-state index contributed by atoms with van der Waals surface area (Å²) in [6, 6.07) is 3.09. The van der Waals surface area contributed by atoms with E-state index in [9.17, 15) is 0 Å². The second kappa shape index (κ2) is 5.43. The topological polar surface area (TPSA) is 260 Å². The van der Waals surface area contributed by atoms with Crippen LogP contribution < -0.4 is 57.3 Å². The fourth-order valence-electron chi connectivity index (χ4n) is 2.42. The molecule has 0 aromatic heterocycles. The lowest BCUT2D eigenvalue weighted by molar-refractivity contribution is 1.25. The molecule has 0 atom stereocenters. The van der Waals surface area contributed by atoms with Gasteiger partial charge in [0.1, 0.15) is 5.82 Å². The molecule has 128 valence electrons. The van der Waals surface area contributed by atoms with E-state index in [4.69, 9.17) is 57.3 Å². The minimum atomic E-state index is -0.0828. The summed E-state index contributed by atoms with van der Waals surface area (Å²) >= 11 is 0. The predicted octanol–water partition coefficient (Wildman–Crippen LogP) is -1.02. The molecular weight excluding hydrogens is 308 g/mol. The predicted molar refractivity (Wildman–Crippen MR) is 103 cm³/mol. The van der Waals surface area contributed by atoms with E-state index in [1.54, 1.807) is 12.1 Å². The Kier molecular flexibility index (Phi) is 3.74. The molecule has 20 N–H and O–H groups in total. The number of rotatable bonds is 2. The Morgan fingerprint density at radius 2 is 0.917 bits per heavy atom. The molecule has 0 radical (unpaired) electrons.